The molecule has 0 saturated heterocycles. The summed E-state index contributed by atoms with van der Waals surface area (Å²) in [4.78, 5) is 4.42. The average molecular weight is 223 g/mol. The summed E-state index contributed by atoms with van der Waals surface area (Å²) in [5.41, 5.74) is 5.46. The van der Waals surface area contributed by atoms with Crippen LogP contribution in [0.25, 0.3) is 0 Å². The van der Waals surface area contributed by atoms with Gasteiger partial charge in [-0.15, -0.1) is 0 Å². The topological polar surface area (TPSA) is 64.9 Å². The van der Waals surface area contributed by atoms with Crippen LogP contribution in [0.15, 0.2) is 4.52 Å². The highest BCUT2D eigenvalue weighted by atomic mass is 16.5. The summed E-state index contributed by atoms with van der Waals surface area (Å²) in [5.74, 6) is 3.01. The van der Waals surface area contributed by atoms with Crippen molar-refractivity contribution < 1.29 is 4.52 Å². The van der Waals surface area contributed by atoms with E-state index in [1.54, 1.807) is 0 Å². The van der Waals surface area contributed by atoms with E-state index in [0.29, 0.717) is 24.8 Å². The maximum absolute atomic E-state index is 5.46. The minimum Gasteiger partial charge on any atom is -0.339 e. The molecule has 2 N–H and O–H groups in total. The van der Waals surface area contributed by atoms with E-state index in [-0.39, 0.29) is 0 Å². The van der Waals surface area contributed by atoms with Gasteiger partial charge in [0.25, 0.3) is 0 Å². The van der Waals surface area contributed by atoms with Crippen molar-refractivity contribution in [2.45, 2.75) is 51.4 Å². The molecule has 2 rings (SSSR count). The molecule has 0 aromatic carbocycles. The van der Waals surface area contributed by atoms with Gasteiger partial charge in [-0.1, -0.05) is 18.5 Å². The molecule has 16 heavy (non-hydrogen) atoms. The van der Waals surface area contributed by atoms with Crippen LogP contribution in [-0.2, 0) is 6.42 Å². The van der Waals surface area contributed by atoms with Gasteiger partial charge in [0.2, 0.25) is 5.89 Å². The quantitative estimate of drug-likeness (QED) is 0.850. The molecule has 0 unspecified atom stereocenters. The molecular formula is C12H21N3O. The molecule has 1 saturated carbocycles. The van der Waals surface area contributed by atoms with E-state index in [2.05, 4.69) is 17.1 Å². The molecule has 1 fully saturated rings. The lowest BCUT2D eigenvalue weighted by atomic mass is 9.80. The first-order valence-electron chi connectivity index (χ1n) is 6.36. The Kier molecular flexibility index (Phi) is 3.93. The summed E-state index contributed by atoms with van der Waals surface area (Å²) >= 11 is 0. The molecule has 90 valence electrons. The van der Waals surface area contributed by atoms with Crippen molar-refractivity contribution in [3.63, 3.8) is 0 Å². The Bertz CT molecular complexity index is 316. The van der Waals surface area contributed by atoms with Gasteiger partial charge in [-0.25, -0.2) is 0 Å². The smallest absolute Gasteiger partial charge is 0.227 e. The van der Waals surface area contributed by atoms with E-state index in [4.69, 9.17) is 10.3 Å². The van der Waals surface area contributed by atoms with Crippen molar-refractivity contribution in [1.82, 2.24) is 10.1 Å². The van der Waals surface area contributed by atoms with Gasteiger partial charge in [0, 0.05) is 18.9 Å². The van der Waals surface area contributed by atoms with Gasteiger partial charge in [0.1, 0.15) is 0 Å². The molecule has 0 radical (unpaired) electrons. The Balaban J connectivity index is 1.92. The first-order chi connectivity index (χ1) is 7.83. The molecule has 0 amide bonds. The average Bonchev–Trinajstić information content (AvgIpc) is 2.78. The Labute approximate surface area is 96.6 Å². The number of hydrogen-bond acceptors (Lipinski definition) is 4. The zero-order chi connectivity index (χ0) is 11.4. The molecule has 1 aromatic heterocycles. The number of nitrogens with two attached hydrogens (primary N) is 1. The second-order valence-electron chi connectivity index (χ2n) is 4.71. The summed E-state index contributed by atoms with van der Waals surface area (Å²) in [6.07, 6.45) is 7.03. The molecule has 1 aliphatic carbocycles. The molecule has 0 spiro atoms. The van der Waals surface area contributed by atoms with Crippen molar-refractivity contribution in [3.8, 4) is 0 Å². The van der Waals surface area contributed by atoms with Crippen LogP contribution in [-0.4, -0.2) is 16.7 Å². The van der Waals surface area contributed by atoms with E-state index in [1.807, 2.05) is 0 Å². The van der Waals surface area contributed by atoms with Gasteiger partial charge in [-0.05, 0) is 31.6 Å². The highest BCUT2D eigenvalue weighted by Crippen LogP contribution is 2.35. The molecule has 1 aromatic rings. The van der Waals surface area contributed by atoms with Crippen molar-refractivity contribution >= 4 is 0 Å². The summed E-state index contributed by atoms with van der Waals surface area (Å²) in [6, 6.07) is 0. The van der Waals surface area contributed by atoms with Gasteiger partial charge in [-0.3, -0.25) is 0 Å². The lowest BCUT2D eigenvalue weighted by molar-refractivity contribution is 0.303. The Morgan fingerprint density at radius 1 is 1.31 bits per heavy atom. The molecule has 4 nitrogen and oxygen atoms in total. The Morgan fingerprint density at radius 2 is 2.06 bits per heavy atom. The molecule has 1 heterocycles. The number of hydrogen-bond donors (Lipinski definition) is 1. The molecule has 4 heteroatoms. The third kappa shape index (κ3) is 2.61. The van der Waals surface area contributed by atoms with E-state index in [1.165, 1.54) is 32.1 Å². The van der Waals surface area contributed by atoms with Gasteiger partial charge >= 0.3 is 0 Å². The first kappa shape index (κ1) is 11.6. The van der Waals surface area contributed by atoms with E-state index in [9.17, 15) is 0 Å². The molecule has 0 bridgehead atoms. The highest BCUT2D eigenvalue weighted by Gasteiger charge is 2.24. The minimum absolute atomic E-state index is 0.512. The lowest BCUT2D eigenvalue weighted by Crippen LogP contribution is -2.13. The van der Waals surface area contributed by atoms with E-state index >= 15 is 0 Å². The number of aromatic nitrogens is 2. The fraction of sp³-hybridized carbons (Fsp3) is 0.833. The zero-order valence-electron chi connectivity index (χ0n) is 9.98. The molecule has 0 aliphatic heterocycles. The predicted molar refractivity (Wildman–Crippen MR) is 62.0 cm³/mol. The van der Waals surface area contributed by atoms with Crippen molar-refractivity contribution in [2.24, 2.45) is 11.7 Å². The third-order valence-corrected chi connectivity index (χ3v) is 3.63. The van der Waals surface area contributed by atoms with Crippen LogP contribution in [0.1, 0.15) is 56.7 Å². The minimum atomic E-state index is 0.512. The Hall–Kier alpha value is -0.900. The van der Waals surface area contributed by atoms with Gasteiger partial charge in [0.15, 0.2) is 5.82 Å². The van der Waals surface area contributed by atoms with Gasteiger partial charge in [0.05, 0.1) is 0 Å². The van der Waals surface area contributed by atoms with Gasteiger partial charge < -0.3 is 10.3 Å². The van der Waals surface area contributed by atoms with Crippen LogP contribution in [0, 0.1) is 5.92 Å². The fourth-order valence-corrected chi connectivity index (χ4v) is 2.49. The maximum atomic E-state index is 5.46. The molecule has 0 atom stereocenters. The Morgan fingerprint density at radius 3 is 2.69 bits per heavy atom. The highest BCUT2D eigenvalue weighted by molar-refractivity contribution is 4.97. The van der Waals surface area contributed by atoms with Crippen LogP contribution >= 0.6 is 0 Å². The van der Waals surface area contributed by atoms with Gasteiger partial charge in [-0.2, -0.15) is 4.98 Å². The van der Waals surface area contributed by atoms with Crippen LogP contribution < -0.4 is 5.73 Å². The second-order valence-corrected chi connectivity index (χ2v) is 4.71. The van der Waals surface area contributed by atoms with E-state index < -0.39 is 0 Å². The summed E-state index contributed by atoms with van der Waals surface area (Å²) in [7, 11) is 0. The number of nitrogens with zero attached hydrogens (tertiary/aromatic N) is 2. The fourth-order valence-electron chi connectivity index (χ4n) is 2.49. The first-order valence-corrected chi connectivity index (χ1v) is 6.36. The van der Waals surface area contributed by atoms with Crippen LogP contribution in [0.3, 0.4) is 0 Å². The molecular weight excluding hydrogens is 202 g/mol. The zero-order valence-corrected chi connectivity index (χ0v) is 9.98. The predicted octanol–water partition coefficient (Wildman–Crippen LogP) is 2.25. The summed E-state index contributed by atoms with van der Waals surface area (Å²) in [6.45, 7) is 2.85. The number of rotatable bonds is 4. The standard InChI is InChI=1S/C12H21N3O/c1-2-9-3-5-10(6-4-9)12-14-11(7-8-13)16-15-12/h9-10H,2-8,13H2,1H3. The van der Waals surface area contributed by atoms with Crippen LogP contribution in [0.5, 0.6) is 0 Å². The second kappa shape index (κ2) is 5.43. The van der Waals surface area contributed by atoms with Crippen LogP contribution in [0.4, 0.5) is 0 Å². The third-order valence-electron chi connectivity index (χ3n) is 3.63. The molecule has 1 aliphatic rings. The van der Waals surface area contributed by atoms with Crippen molar-refractivity contribution in [3.05, 3.63) is 11.7 Å². The monoisotopic (exact) mass is 223 g/mol. The summed E-state index contributed by atoms with van der Waals surface area (Å²) in [5, 5.41) is 4.07. The van der Waals surface area contributed by atoms with Crippen molar-refractivity contribution in [1.29, 1.82) is 0 Å². The maximum Gasteiger partial charge on any atom is 0.227 e. The largest absolute Gasteiger partial charge is 0.339 e. The SMILES string of the molecule is CCC1CCC(c2noc(CCN)n2)CC1. The van der Waals surface area contributed by atoms with Crippen molar-refractivity contribution in [2.75, 3.05) is 6.54 Å². The van der Waals surface area contributed by atoms with E-state index in [0.717, 1.165) is 11.7 Å². The summed E-state index contributed by atoms with van der Waals surface area (Å²) < 4.78 is 5.17. The lowest BCUT2D eigenvalue weighted by Gasteiger charge is -2.25. The van der Waals surface area contributed by atoms with Crippen LogP contribution in [0.2, 0.25) is 0 Å². The normalized spacial score (nSPS) is 25.9.